The summed E-state index contributed by atoms with van der Waals surface area (Å²) in [4.78, 5) is 30.9. The molecule has 1 fully saturated rings. The number of halogens is 1. The Hall–Kier alpha value is -2.38. The highest BCUT2D eigenvalue weighted by atomic mass is 79.9. The van der Waals surface area contributed by atoms with Gasteiger partial charge in [0.25, 0.3) is 0 Å². The molecular formula is C23H29BrN4O2. The molecule has 30 heavy (non-hydrogen) atoms. The number of nitrogens with one attached hydrogen (secondary N) is 1. The van der Waals surface area contributed by atoms with Crippen LogP contribution in [0.25, 0.3) is 0 Å². The Labute approximate surface area is 187 Å². The average Bonchev–Trinajstić information content (AvgIpc) is 2.72. The first-order valence-corrected chi connectivity index (χ1v) is 11.0. The van der Waals surface area contributed by atoms with Crippen LogP contribution in [0.3, 0.4) is 0 Å². The van der Waals surface area contributed by atoms with Crippen LogP contribution in [-0.2, 0) is 9.59 Å². The van der Waals surface area contributed by atoms with Crippen LogP contribution in [0.15, 0.2) is 46.9 Å². The van der Waals surface area contributed by atoms with Gasteiger partial charge in [0.05, 0.1) is 18.8 Å². The summed E-state index contributed by atoms with van der Waals surface area (Å²) in [5.41, 5.74) is 4.60. The van der Waals surface area contributed by atoms with Gasteiger partial charge in [-0.25, -0.2) is 0 Å². The molecule has 0 aliphatic carbocycles. The van der Waals surface area contributed by atoms with Gasteiger partial charge in [-0.1, -0.05) is 24.3 Å². The van der Waals surface area contributed by atoms with Crippen molar-refractivity contribution in [2.75, 3.05) is 56.5 Å². The van der Waals surface area contributed by atoms with Crippen LogP contribution in [-0.4, -0.2) is 67.9 Å². The maximum atomic E-state index is 12.6. The van der Waals surface area contributed by atoms with Crippen molar-refractivity contribution in [2.24, 2.45) is 0 Å². The first-order chi connectivity index (χ1) is 14.3. The van der Waals surface area contributed by atoms with Gasteiger partial charge >= 0.3 is 0 Å². The summed E-state index contributed by atoms with van der Waals surface area (Å²) in [7, 11) is 1.67. The van der Waals surface area contributed by atoms with Gasteiger partial charge < -0.3 is 15.1 Å². The van der Waals surface area contributed by atoms with Crippen LogP contribution in [0, 0.1) is 13.8 Å². The van der Waals surface area contributed by atoms with Crippen LogP contribution in [0.2, 0.25) is 0 Å². The number of carbonyl (C=O) groups is 2. The molecule has 1 heterocycles. The minimum absolute atomic E-state index is 0.0304. The van der Waals surface area contributed by atoms with Crippen molar-refractivity contribution in [1.29, 1.82) is 0 Å². The molecule has 2 aromatic rings. The van der Waals surface area contributed by atoms with Crippen molar-refractivity contribution in [3.8, 4) is 0 Å². The van der Waals surface area contributed by atoms with E-state index >= 15 is 0 Å². The summed E-state index contributed by atoms with van der Waals surface area (Å²) < 4.78 is 0.814. The topological polar surface area (TPSA) is 55.9 Å². The van der Waals surface area contributed by atoms with Crippen molar-refractivity contribution in [2.45, 2.75) is 13.8 Å². The summed E-state index contributed by atoms with van der Waals surface area (Å²) in [5.74, 6) is -0.255. The lowest BCUT2D eigenvalue weighted by atomic mass is 10.1. The second kappa shape index (κ2) is 10.1. The molecule has 0 unspecified atom stereocenters. The molecule has 7 heteroatoms. The van der Waals surface area contributed by atoms with E-state index in [0.29, 0.717) is 12.2 Å². The number of rotatable bonds is 6. The molecule has 0 saturated carbocycles. The number of aryl methyl sites for hydroxylation is 1. The number of para-hydroxylation sites is 1. The van der Waals surface area contributed by atoms with Crippen molar-refractivity contribution in [3.63, 3.8) is 0 Å². The van der Waals surface area contributed by atoms with Crippen LogP contribution in [0.4, 0.5) is 11.4 Å². The monoisotopic (exact) mass is 472 g/mol. The van der Waals surface area contributed by atoms with Gasteiger partial charge in [0.15, 0.2) is 0 Å². The van der Waals surface area contributed by atoms with Crippen molar-refractivity contribution in [3.05, 3.63) is 58.1 Å². The van der Waals surface area contributed by atoms with Gasteiger partial charge in [-0.2, -0.15) is 0 Å². The van der Waals surface area contributed by atoms with Crippen molar-refractivity contribution < 1.29 is 9.59 Å². The second-order valence-corrected chi connectivity index (χ2v) is 8.61. The Balaban J connectivity index is 1.46. The van der Waals surface area contributed by atoms with E-state index in [-0.39, 0.29) is 18.4 Å². The second-order valence-electron chi connectivity index (χ2n) is 7.76. The van der Waals surface area contributed by atoms with Crippen molar-refractivity contribution in [1.82, 2.24) is 9.80 Å². The van der Waals surface area contributed by atoms with Crippen LogP contribution < -0.4 is 10.2 Å². The van der Waals surface area contributed by atoms with Gasteiger partial charge in [-0.3, -0.25) is 14.5 Å². The Morgan fingerprint density at radius 2 is 1.73 bits per heavy atom. The predicted molar refractivity (Wildman–Crippen MR) is 125 cm³/mol. The van der Waals surface area contributed by atoms with E-state index in [1.165, 1.54) is 21.7 Å². The lowest BCUT2D eigenvalue weighted by molar-refractivity contribution is -0.134. The third-order valence-electron chi connectivity index (χ3n) is 5.60. The molecule has 1 saturated heterocycles. The average molecular weight is 473 g/mol. The number of nitrogens with zero attached hydrogens (tertiary/aromatic N) is 3. The molecular weight excluding hydrogens is 444 g/mol. The van der Waals surface area contributed by atoms with Gasteiger partial charge in [0.1, 0.15) is 0 Å². The van der Waals surface area contributed by atoms with Crippen molar-refractivity contribution >= 4 is 39.1 Å². The number of amides is 2. The van der Waals surface area contributed by atoms with Gasteiger partial charge in [-0.15, -0.1) is 0 Å². The maximum absolute atomic E-state index is 12.6. The normalized spacial score (nSPS) is 14.5. The Morgan fingerprint density at radius 1 is 1.03 bits per heavy atom. The first-order valence-electron chi connectivity index (χ1n) is 10.2. The molecule has 0 bridgehead atoms. The van der Waals surface area contributed by atoms with Gasteiger partial charge in [0, 0.05) is 43.4 Å². The van der Waals surface area contributed by atoms with E-state index in [0.717, 1.165) is 30.7 Å². The van der Waals surface area contributed by atoms with Crippen LogP contribution in [0.1, 0.15) is 11.1 Å². The number of anilines is 2. The van der Waals surface area contributed by atoms with E-state index in [1.807, 2.05) is 24.3 Å². The molecule has 0 aromatic heterocycles. The summed E-state index contributed by atoms with van der Waals surface area (Å²) in [6.45, 7) is 8.10. The summed E-state index contributed by atoms with van der Waals surface area (Å²) >= 11 is 3.41. The van der Waals surface area contributed by atoms with E-state index < -0.39 is 0 Å². The third-order valence-corrected chi connectivity index (χ3v) is 6.29. The predicted octanol–water partition coefficient (Wildman–Crippen LogP) is 3.29. The van der Waals surface area contributed by atoms with E-state index in [1.54, 1.807) is 7.05 Å². The molecule has 0 spiro atoms. The fraction of sp³-hybridized carbons (Fsp3) is 0.391. The first kappa shape index (κ1) is 22.3. The summed E-state index contributed by atoms with van der Waals surface area (Å²) in [6.07, 6.45) is 0. The number of carbonyl (C=O) groups excluding carboxylic acids is 2. The minimum Gasteiger partial charge on any atom is -0.369 e. The van der Waals surface area contributed by atoms with Crippen LogP contribution >= 0.6 is 15.9 Å². The molecule has 2 amide bonds. The zero-order valence-corrected chi connectivity index (χ0v) is 19.4. The summed E-state index contributed by atoms with van der Waals surface area (Å²) in [5, 5.41) is 2.83. The molecule has 2 aromatic carbocycles. The quantitative estimate of drug-likeness (QED) is 0.700. The van der Waals surface area contributed by atoms with E-state index in [2.05, 4.69) is 63.1 Å². The summed E-state index contributed by atoms with van der Waals surface area (Å²) in [6, 6.07) is 13.8. The number of benzene rings is 2. The molecule has 160 valence electrons. The fourth-order valence-electron chi connectivity index (χ4n) is 3.59. The number of likely N-dealkylation sites (N-methyl/N-ethyl adjacent to an activating group) is 1. The number of piperazine rings is 1. The molecule has 1 aliphatic rings. The standard InChI is InChI=1S/C23H29BrN4O2/c1-17-7-6-10-21(18(17)2)28-13-11-27(12-14-28)16-23(30)26(3)15-22(29)25-20-9-5-4-8-19(20)24/h4-10H,11-16H2,1-3H3,(H,25,29). The Kier molecular flexibility index (Phi) is 7.50. The lowest BCUT2D eigenvalue weighted by Gasteiger charge is -2.37. The zero-order valence-electron chi connectivity index (χ0n) is 17.8. The fourth-order valence-corrected chi connectivity index (χ4v) is 3.98. The molecule has 1 N–H and O–H groups in total. The van der Waals surface area contributed by atoms with E-state index in [4.69, 9.17) is 0 Å². The highest BCUT2D eigenvalue weighted by molar-refractivity contribution is 9.10. The molecule has 0 atom stereocenters. The highest BCUT2D eigenvalue weighted by Gasteiger charge is 2.22. The molecule has 6 nitrogen and oxygen atoms in total. The van der Waals surface area contributed by atoms with Gasteiger partial charge in [0.2, 0.25) is 11.8 Å². The smallest absolute Gasteiger partial charge is 0.244 e. The molecule has 3 rings (SSSR count). The molecule has 0 radical (unpaired) electrons. The number of hydrogen-bond acceptors (Lipinski definition) is 4. The Morgan fingerprint density at radius 3 is 2.43 bits per heavy atom. The number of hydrogen-bond donors (Lipinski definition) is 1. The largest absolute Gasteiger partial charge is 0.369 e. The van der Waals surface area contributed by atoms with E-state index in [9.17, 15) is 9.59 Å². The highest BCUT2D eigenvalue weighted by Crippen LogP contribution is 2.24. The molecule has 1 aliphatic heterocycles. The Bertz CT molecular complexity index is 910. The van der Waals surface area contributed by atoms with Crippen LogP contribution in [0.5, 0.6) is 0 Å². The maximum Gasteiger partial charge on any atom is 0.244 e. The third kappa shape index (κ3) is 5.61. The lowest BCUT2D eigenvalue weighted by Crippen LogP contribution is -2.50. The van der Waals surface area contributed by atoms with Gasteiger partial charge in [-0.05, 0) is 59.1 Å². The minimum atomic E-state index is -0.211. The SMILES string of the molecule is Cc1cccc(N2CCN(CC(=O)N(C)CC(=O)Nc3ccccc3Br)CC2)c1C. The zero-order chi connectivity index (χ0) is 21.7.